The molecule has 10 amide bonds. The van der Waals surface area contributed by atoms with Crippen LogP contribution >= 0.6 is 31.9 Å². The predicted molar refractivity (Wildman–Crippen MR) is 476 cm³/mol. The molecule has 5 heterocycles. The van der Waals surface area contributed by atoms with Gasteiger partial charge in [0.1, 0.15) is 27.8 Å². The van der Waals surface area contributed by atoms with E-state index in [1.807, 2.05) is 33.8 Å². The lowest BCUT2D eigenvalue weighted by molar-refractivity contribution is -0.149. The molecule has 3 saturated heterocycles. The fourth-order valence-electron chi connectivity index (χ4n) is 16.5. The monoisotopic (exact) mass is 1870 g/mol. The first-order valence-corrected chi connectivity index (χ1v) is 45.0. The first-order valence-electron chi connectivity index (χ1n) is 43.2. The van der Waals surface area contributed by atoms with E-state index in [9.17, 15) is 57.8 Å². The Morgan fingerprint density at radius 3 is 1.78 bits per heavy atom. The van der Waals surface area contributed by atoms with Gasteiger partial charge in [0.05, 0.1) is 164 Å². The van der Waals surface area contributed by atoms with Crippen LogP contribution in [-0.4, -0.2) is 313 Å². The van der Waals surface area contributed by atoms with E-state index in [1.165, 1.54) is 40.4 Å². The molecule has 0 aromatic heterocycles. The Balaban J connectivity index is 0.688. The number of hydrogen-bond donors (Lipinski definition) is 5. The van der Waals surface area contributed by atoms with Crippen molar-refractivity contribution in [3.8, 4) is 23.0 Å². The van der Waals surface area contributed by atoms with Gasteiger partial charge in [-0.1, -0.05) is 141 Å². The summed E-state index contributed by atoms with van der Waals surface area (Å²) in [6, 6.07) is 11.0. The predicted octanol–water partition coefficient (Wildman–Crippen LogP) is 7.90. The van der Waals surface area contributed by atoms with Gasteiger partial charge in [0, 0.05) is 92.4 Å². The molecule has 2 unspecified atom stereocenters. The Hall–Kier alpha value is -9.10. The van der Waals surface area contributed by atoms with Crippen LogP contribution in [0.5, 0.6) is 23.0 Å². The van der Waals surface area contributed by atoms with E-state index in [0.29, 0.717) is 123 Å². The average Bonchev–Trinajstić information content (AvgIpc) is 1.63. The van der Waals surface area contributed by atoms with Crippen molar-refractivity contribution in [3.63, 3.8) is 0 Å². The summed E-state index contributed by atoms with van der Waals surface area (Å²) in [5, 5.41) is 21.1. The quantitative estimate of drug-likeness (QED) is 0.0203. The van der Waals surface area contributed by atoms with E-state index in [2.05, 4.69) is 71.3 Å². The van der Waals surface area contributed by atoms with Crippen LogP contribution < -0.4 is 45.1 Å². The van der Waals surface area contributed by atoms with Crippen molar-refractivity contribution in [2.45, 2.75) is 190 Å². The summed E-state index contributed by atoms with van der Waals surface area (Å²) in [6.45, 7) is 24.3. The molecule has 33 nitrogen and oxygen atoms in total. The number of rotatable bonds is 52. The number of methoxy groups -OCH3 is 4. The standard InChI is InChI=1S/C90H129Br2N11O22/c1-16-58(8)81(73(118-14)49-76(106)100-31-23-26-67(100)82(119-15)59(9)83(107)96-66(90(114)115)44-60-24-19-17-20-25-60)99(11)89(113)79(54(2)3)97-86(110)80(55(4)5)98(10)74(104)27-34-120-38-40-122-36-29-93-84(108)77(91)78(92)85(109)94-30-37-123-41-39-121-35-28-75(105)103-53-62-43-57(7)52-102(62)88(112)64-46-70(117-13)72(48-68(64)103)125-33-22-18-21-32-124-71-47-65-63(45-69(71)116-12)87(111)101-51-56(6)42-61(101)50-95-65/h17,19-20,24-25,45-48,50,54-55,58-59,61-62,66-67,73,77-82H,6-7,16,18,21-23,26-44,49,51-53H2,1-5,8-15H3,(H,93,108)(H,94,109)(H,96,107)(H,97,110)(H,114,115)/t58-,59-,61+,62+,66+,67+,73?,77-,78?,79+,80+,81+,82-/m1/s1. The van der Waals surface area contributed by atoms with Crippen LogP contribution in [0.15, 0.2) is 83.9 Å². The number of carboxylic acid groups (broad SMARTS) is 1. The number of aliphatic imine (C=N–C) groups is 1. The Kier molecular flexibility index (Phi) is 40.4. The zero-order chi connectivity index (χ0) is 91.3. The average molecular weight is 1880 g/mol. The molecule has 5 N–H and O–H groups in total. The van der Waals surface area contributed by atoms with Gasteiger partial charge >= 0.3 is 5.97 Å². The minimum Gasteiger partial charge on any atom is -0.493 e. The molecular weight excluding hydrogens is 1750 g/mol. The number of fused-ring (bicyclic) bond motifs is 4. The normalized spacial score (nSPS) is 18.5. The van der Waals surface area contributed by atoms with Gasteiger partial charge in [-0.2, -0.15) is 0 Å². The van der Waals surface area contributed by atoms with Crippen molar-refractivity contribution >= 4 is 114 Å². The molecule has 5 aliphatic rings. The van der Waals surface area contributed by atoms with Gasteiger partial charge in [-0.15, -0.1) is 0 Å². The van der Waals surface area contributed by atoms with Crippen LogP contribution in [0.3, 0.4) is 0 Å². The van der Waals surface area contributed by atoms with E-state index in [1.54, 1.807) is 107 Å². The number of nitrogens with one attached hydrogen (secondary N) is 4. The topological polar surface area (TPSA) is 380 Å². The second kappa shape index (κ2) is 49.9. The number of carboxylic acids is 1. The number of carbonyl (C=O) groups excluding carboxylic acids is 10. The summed E-state index contributed by atoms with van der Waals surface area (Å²) in [6.07, 6.45) is 5.22. The van der Waals surface area contributed by atoms with Gasteiger partial charge in [0.25, 0.3) is 11.8 Å². The molecule has 0 aliphatic carbocycles. The molecular formula is C90H129Br2N11O22. The summed E-state index contributed by atoms with van der Waals surface area (Å²) < 4.78 is 58.7. The first-order chi connectivity index (χ1) is 59.8. The number of nitrogens with zero attached hydrogens (tertiary/aromatic N) is 7. The maximum atomic E-state index is 14.8. The lowest BCUT2D eigenvalue weighted by atomic mass is 9.89. The molecule has 690 valence electrons. The van der Waals surface area contributed by atoms with Crippen molar-refractivity contribution in [2.24, 2.45) is 28.7 Å². The molecule has 5 aliphatic heterocycles. The van der Waals surface area contributed by atoms with Gasteiger partial charge in [0.15, 0.2) is 23.0 Å². The van der Waals surface area contributed by atoms with Crippen molar-refractivity contribution in [1.29, 1.82) is 0 Å². The number of benzene rings is 3. The van der Waals surface area contributed by atoms with Crippen LogP contribution in [-0.2, 0) is 78.0 Å². The Morgan fingerprint density at radius 1 is 0.632 bits per heavy atom. The highest BCUT2D eigenvalue weighted by molar-refractivity contribution is 9.12. The summed E-state index contributed by atoms with van der Waals surface area (Å²) in [4.78, 5) is 164. The van der Waals surface area contributed by atoms with Crippen molar-refractivity contribution < 1.29 is 105 Å². The van der Waals surface area contributed by atoms with Gasteiger partial charge in [0.2, 0.25) is 47.3 Å². The maximum Gasteiger partial charge on any atom is 0.326 e. The Bertz CT molecular complexity index is 4230. The van der Waals surface area contributed by atoms with Gasteiger partial charge < -0.3 is 103 Å². The van der Waals surface area contributed by atoms with Gasteiger partial charge in [-0.3, -0.25) is 52.9 Å². The van der Waals surface area contributed by atoms with Crippen molar-refractivity contribution in [2.75, 3.05) is 153 Å². The highest BCUT2D eigenvalue weighted by Crippen LogP contribution is 2.42. The number of amides is 10. The number of likely N-dealkylation sites (N-methyl/N-ethyl adjacent to an activating group) is 2. The van der Waals surface area contributed by atoms with Crippen LogP contribution in [0.1, 0.15) is 145 Å². The van der Waals surface area contributed by atoms with E-state index in [4.69, 9.17) is 47.4 Å². The smallest absolute Gasteiger partial charge is 0.326 e. The molecule has 3 aromatic carbocycles. The molecule has 0 spiro atoms. The highest BCUT2D eigenvalue weighted by Gasteiger charge is 2.46. The third-order valence-corrected chi connectivity index (χ3v) is 26.1. The lowest BCUT2D eigenvalue weighted by Gasteiger charge is -2.41. The largest absolute Gasteiger partial charge is 0.493 e. The maximum absolute atomic E-state index is 14.8. The highest BCUT2D eigenvalue weighted by atomic mass is 79.9. The summed E-state index contributed by atoms with van der Waals surface area (Å²) >= 11 is 6.63. The van der Waals surface area contributed by atoms with E-state index in [0.717, 1.165) is 23.1 Å². The number of carbonyl (C=O) groups is 11. The van der Waals surface area contributed by atoms with Crippen LogP contribution in [0.2, 0.25) is 0 Å². The molecule has 8 rings (SSSR count). The number of anilines is 1. The molecule has 3 fully saturated rings. The number of alkyl halides is 2. The molecule has 0 radical (unpaired) electrons. The molecule has 0 bridgehead atoms. The third-order valence-electron chi connectivity index (χ3n) is 23.5. The zero-order valence-electron chi connectivity index (χ0n) is 74.6. The molecule has 13 atom stereocenters. The summed E-state index contributed by atoms with van der Waals surface area (Å²) in [7, 11) is 9.15. The molecule has 3 aromatic rings. The fraction of sp³-hybridized carbons (Fsp3) is 0.622. The number of hydrogen-bond acceptors (Lipinski definition) is 22. The Labute approximate surface area is 751 Å². The first kappa shape index (κ1) is 101. The van der Waals surface area contributed by atoms with Crippen LogP contribution in [0, 0.1) is 23.7 Å². The third kappa shape index (κ3) is 27.7. The number of ether oxygens (including phenoxy) is 10. The Morgan fingerprint density at radius 2 is 1.21 bits per heavy atom. The molecule has 125 heavy (non-hydrogen) atoms. The van der Waals surface area contributed by atoms with Crippen molar-refractivity contribution in [1.82, 2.24) is 45.8 Å². The van der Waals surface area contributed by atoms with E-state index in [-0.39, 0.29) is 152 Å². The number of unbranched alkanes of at least 4 members (excludes halogenated alkanes) is 2. The SMILES string of the molecule is C=C1C[C@H]2CN(C(=O)CCOCCOCCNC(=O)C(Br)[C@@H](Br)C(=O)NCCOCCOCCC(=O)N(C)[C@H](C(=O)N[C@H](C(=O)N(C)[C@H](C(CC(=O)N3CCC[C@H]3[C@H](OC)[C@@H](C)C(=O)N[C@@H](Cc3ccccc3)C(=O)O)OC)[C@H](C)CC)C(C)C)C(C)C)c3cc(OCCCCCOc4cc5c(cc4OC)C(=O)N4CC(=C)C[C@H]4C=N5)c(OC)cc3C(=O)N2C1. The minimum atomic E-state index is -1.19. The number of likely N-dealkylation sites (tertiary alicyclic amines) is 1. The van der Waals surface area contributed by atoms with Crippen molar-refractivity contribution in [3.05, 3.63) is 95.6 Å². The lowest BCUT2D eigenvalue weighted by Crippen LogP contribution is -2.60. The number of aliphatic carboxylic acids is 1. The second-order valence-electron chi connectivity index (χ2n) is 33.0. The van der Waals surface area contributed by atoms with Gasteiger partial charge in [-0.05, 0) is 80.4 Å². The summed E-state index contributed by atoms with van der Waals surface area (Å²) in [5.41, 5.74) is 4.31. The molecule has 0 saturated carbocycles. The molecule has 35 heteroatoms. The number of halogens is 2. The fourth-order valence-corrected chi connectivity index (χ4v) is 17.3. The second-order valence-corrected chi connectivity index (χ2v) is 35.0. The minimum absolute atomic E-state index is 0.00145. The zero-order valence-corrected chi connectivity index (χ0v) is 77.7. The van der Waals surface area contributed by atoms with E-state index >= 15 is 0 Å². The van der Waals surface area contributed by atoms with Crippen LogP contribution in [0.25, 0.3) is 0 Å². The van der Waals surface area contributed by atoms with Crippen LogP contribution in [0.4, 0.5) is 11.4 Å². The van der Waals surface area contributed by atoms with Gasteiger partial charge in [-0.25, -0.2) is 4.79 Å². The van der Waals surface area contributed by atoms with E-state index < -0.39 is 99.4 Å². The summed E-state index contributed by atoms with van der Waals surface area (Å²) in [5.74, 6) is -4.95.